The van der Waals surface area contributed by atoms with E-state index in [-0.39, 0.29) is 5.91 Å². The molecular weight excluding hydrogens is 486 g/mol. The minimum absolute atomic E-state index is 0.283. The summed E-state index contributed by atoms with van der Waals surface area (Å²) in [5.74, 6) is 0.823. The van der Waals surface area contributed by atoms with E-state index in [2.05, 4.69) is 25.7 Å². The molecule has 37 heavy (non-hydrogen) atoms. The molecule has 0 saturated carbocycles. The van der Waals surface area contributed by atoms with Crippen LogP contribution < -0.4 is 16.4 Å². The predicted molar refractivity (Wildman–Crippen MR) is 145 cm³/mol. The third-order valence-corrected chi connectivity index (χ3v) is 6.06. The minimum atomic E-state index is -0.283. The number of anilines is 2. The number of benzene rings is 2. The number of carbonyl (C=O) groups is 1. The van der Waals surface area contributed by atoms with Crippen LogP contribution in [0, 0.1) is 0 Å². The molecule has 2 aromatic carbocycles. The summed E-state index contributed by atoms with van der Waals surface area (Å²) >= 11 is 6.52. The SMILES string of the molecule is Nc1cccc(-c2ccc(Cl)c(CNc3cc(C(=O)NCc4cccnc4)nn3-c3ccccc3)c2)n1. The molecule has 5 rings (SSSR count). The van der Waals surface area contributed by atoms with Crippen LogP contribution in [-0.4, -0.2) is 25.7 Å². The summed E-state index contributed by atoms with van der Waals surface area (Å²) in [5.41, 5.74) is 10.4. The number of nitrogens with two attached hydrogens (primary N) is 1. The molecule has 3 heterocycles. The zero-order valence-corrected chi connectivity index (χ0v) is 20.6. The van der Waals surface area contributed by atoms with E-state index in [0.29, 0.717) is 35.4 Å². The Morgan fingerprint density at radius 3 is 2.59 bits per heavy atom. The first kappa shape index (κ1) is 24.0. The lowest BCUT2D eigenvalue weighted by Crippen LogP contribution is -2.23. The molecule has 0 aliphatic rings. The van der Waals surface area contributed by atoms with Gasteiger partial charge in [0, 0.05) is 42.1 Å². The van der Waals surface area contributed by atoms with Gasteiger partial charge >= 0.3 is 0 Å². The molecule has 0 radical (unpaired) electrons. The summed E-state index contributed by atoms with van der Waals surface area (Å²) < 4.78 is 1.70. The third-order valence-electron chi connectivity index (χ3n) is 5.69. The molecule has 9 heteroatoms. The van der Waals surface area contributed by atoms with Crippen LogP contribution in [0.4, 0.5) is 11.6 Å². The number of halogens is 1. The van der Waals surface area contributed by atoms with Crippen LogP contribution in [0.3, 0.4) is 0 Å². The average Bonchev–Trinajstić information content (AvgIpc) is 3.37. The van der Waals surface area contributed by atoms with E-state index in [0.717, 1.165) is 28.1 Å². The molecule has 1 amide bonds. The molecule has 0 aliphatic heterocycles. The summed E-state index contributed by atoms with van der Waals surface area (Å²) in [7, 11) is 0. The second kappa shape index (κ2) is 10.9. The predicted octanol–water partition coefficient (Wildman–Crippen LogP) is 5.11. The Kier molecular flexibility index (Phi) is 7.09. The standard InChI is InChI=1S/C28H24ClN7O/c29-23-12-11-20(24-9-4-10-26(30)34-24)14-21(23)18-32-27-15-25(35-36(27)22-7-2-1-3-8-22)28(37)33-17-19-6-5-13-31-16-19/h1-16,32H,17-18H2,(H2,30,34)(H,33,37). The van der Waals surface area contributed by atoms with Gasteiger partial charge in [-0.05, 0) is 53.6 Å². The van der Waals surface area contributed by atoms with Gasteiger partial charge in [0.2, 0.25) is 0 Å². The third kappa shape index (κ3) is 5.76. The van der Waals surface area contributed by atoms with E-state index < -0.39 is 0 Å². The van der Waals surface area contributed by atoms with Gasteiger partial charge in [-0.2, -0.15) is 5.10 Å². The number of nitrogen functional groups attached to an aromatic ring is 1. The average molecular weight is 510 g/mol. The van der Waals surface area contributed by atoms with E-state index in [1.807, 2.05) is 72.8 Å². The molecule has 0 spiro atoms. The van der Waals surface area contributed by atoms with Crippen molar-refractivity contribution in [2.75, 3.05) is 11.1 Å². The maximum atomic E-state index is 12.9. The molecule has 4 N–H and O–H groups in total. The van der Waals surface area contributed by atoms with Crippen molar-refractivity contribution in [3.8, 4) is 16.9 Å². The zero-order chi connectivity index (χ0) is 25.6. The number of aromatic nitrogens is 4. The van der Waals surface area contributed by atoms with E-state index in [1.165, 1.54) is 0 Å². The summed E-state index contributed by atoms with van der Waals surface area (Å²) in [6.07, 6.45) is 3.41. The van der Waals surface area contributed by atoms with Gasteiger partial charge in [0.05, 0.1) is 11.4 Å². The smallest absolute Gasteiger partial charge is 0.272 e. The second-order valence-electron chi connectivity index (χ2n) is 8.31. The largest absolute Gasteiger partial charge is 0.384 e. The summed E-state index contributed by atoms with van der Waals surface area (Å²) in [4.78, 5) is 21.4. The van der Waals surface area contributed by atoms with E-state index >= 15 is 0 Å². The van der Waals surface area contributed by atoms with Crippen LogP contribution in [0.5, 0.6) is 0 Å². The maximum Gasteiger partial charge on any atom is 0.272 e. The Labute approximate surface area is 219 Å². The van der Waals surface area contributed by atoms with Gasteiger partial charge in [0.15, 0.2) is 5.69 Å². The summed E-state index contributed by atoms with van der Waals surface area (Å²) in [6.45, 7) is 0.762. The Morgan fingerprint density at radius 2 is 1.81 bits per heavy atom. The summed E-state index contributed by atoms with van der Waals surface area (Å²) in [6, 6.07) is 26.3. The number of hydrogen-bond acceptors (Lipinski definition) is 6. The lowest BCUT2D eigenvalue weighted by Gasteiger charge is -2.12. The Hall–Kier alpha value is -4.69. The lowest BCUT2D eigenvalue weighted by molar-refractivity contribution is 0.0945. The molecule has 0 aliphatic carbocycles. The first-order valence-corrected chi connectivity index (χ1v) is 12.0. The van der Waals surface area contributed by atoms with Crippen molar-refractivity contribution < 1.29 is 4.79 Å². The number of carbonyl (C=O) groups excluding carboxylic acids is 1. The Morgan fingerprint density at radius 1 is 0.946 bits per heavy atom. The topological polar surface area (TPSA) is 111 Å². The molecule has 0 fully saturated rings. The van der Waals surface area contributed by atoms with Crippen molar-refractivity contribution >= 4 is 29.1 Å². The van der Waals surface area contributed by atoms with Crippen molar-refractivity contribution in [2.24, 2.45) is 0 Å². The summed E-state index contributed by atoms with van der Waals surface area (Å²) in [5, 5.41) is 11.5. The number of rotatable bonds is 8. The van der Waals surface area contributed by atoms with Gasteiger partial charge in [-0.15, -0.1) is 0 Å². The van der Waals surface area contributed by atoms with E-state index in [1.54, 1.807) is 29.2 Å². The highest BCUT2D eigenvalue weighted by Crippen LogP contribution is 2.26. The highest BCUT2D eigenvalue weighted by Gasteiger charge is 2.16. The Balaban J connectivity index is 1.39. The highest BCUT2D eigenvalue weighted by molar-refractivity contribution is 6.31. The fourth-order valence-corrected chi connectivity index (χ4v) is 4.01. The van der Waals surface area contributed by atoms with Crippen LogP contribution in [0.25, 0.3) is 16.9 Å². The fourth-order valence-electron chi connectivity index (χ4n) is 3.83. The lowest BCUT2D eigenvalue weighted by atomic mass is 10.1. The van der Waals surface area contributed by atoms with Gasteiger partial charge < -0.3 is 16.4 Å². The molecule has 0 saturated heterocycles. The van der Waals surface area contributed by atoms with Crippen LogP contribution in [-0.2, 0) is 13.1 Å². The number of nitrogens with one attached hydrogen (secondary N) is 2. The highest BCUT2D eigenvalue weighted by atomic mass is 35.5. The molecule has 0 unspecified atom stereocenters. The van der Waals surface area contributed by atoms with Gasteiger partial charge in [-0.25, -0.2) is 9.67 Å². The Bertz CT molecular complexity index is 1520. The number of para-hydroxylation sites is 1. The van der Waals surface area contributed by atoms with E-state index in [9.17, 15) is 4.79 Å². The van der Waals surface area contributed by atoms with Crippen molar-refractivity contribution in [1.82, 2.24) is 25.1 Å². The molecule has 3 aromatic heterocycles. The first-order valence-electron chi connectivity index (χ1n) is 11.6. The van der Waals surface area contributed by atoms with Crippen molar-refractivity contribution in [3.63, 3.8) is 0 Å². The van der Waals surface area contributed by atoms with Crippen molar-refractivity contribution in [1.29, 1.82) is 0 Å². The van der Waals surface area contributed by atoms with Gasteiger partial charge in [-0.1, -0.05) is 48.0 Å². The molecule has 0 atom stereocenters. The fraction of sp³-hybridized carbons (Fsp3) is 0.0714. The molecule has 8 nitrogen and oxygen atoms in total. The van der Waals surface area contributed by atoms with Crippen LogP contribution in [0.2, 0.25) is 5.02 Å². The minimum Gasteiger partial charge on any atom is -0.384 e. The number of nitrogens with zero attached hydrogens (tertiary/aromatic N) is 4. The zero-order valence-electron chi connectivity index (χ0n) is 19.8. The van der Waals surface area contributed by atoms with E-state index in [4.69, 9.17) is 17.3 Å². The van der Waals surface area contributed by atoms with Crippen LogP contribution in [0.1, 0.15) is 21.6 Å². The van der Waals surface area contributed by atoms with Crippen LogP contribution >= 0.6 is 11.6 Å². The van der Waals surface area contributed by atoms with Crippen molar-refractivity contribution in [2.45, 2.75) is 13.1 Å². The second-order valence-corrected chi connectivity index (χ2v) is 8.72. The normalized spacial score (nSPS) is 10.7. The maximum absolute atomic E-state index is 12.9. The van der Waals surface area contributed by atoms with Gasteiger partial charge in [-0.3, -0.25) is 9.78 Å². The molecule has 0 bridgehead atoms. The number of amides is 1. The molecule has 5 aromatic rings. The van der Waals surface area contributed by atoms with Gasteiger partial charge in [0.25, 0.3) is 5.91 Å². The first-order chi connectivity index (χ1) is 18.1. The molecule has 184 valence electrons. The quantitative estimate of drug-likeness (QED) is 0.268. The monoisotopic (exact) mass is 509 g/mol. The number of hydrogen-bond donors (Lipinski definition) is 3. The van der Waals surface area contributed by atoms with Gasteiger partial charge in [0.1, 0.15) is 11.6 Å². The number of pyridine rings is 2. The van der Waals surface area contributed by atoms with Crippen molar-refractivity contribution in [3.05, 3.63) is 119 Å². The molecular formula is C28H24ClN7O. The van der Waals surface area contributed by atoms with Crippen LogP contribution in [0.15, 0.2) is 97.3 Å².